The topological polar surface area (TPSA) is 97.9 Å². The van der Waals surface area contributed by atoms with Crippen LogP contribution in [0.2, 0.25) is 0 Å². The second-order valence-corrected chi connectivity index (χ2v) is 7.24. The summed E-state index contributed by atoms with van der Waals surface area (Å²) in [6.07, 6.45) is 6.80. The number of imidazole rings is 1. The van der Waals surface area contributed by atoms with E-state index in [1.807, 2.05) is 54.1 Å². The molecule has 5 rings (SSSR count). The second-order valence-electron chi connectivity index (χ2n) is 7.24. The van der Waals surface area contributed by atoms with E-state index >= 15 is 0 Å². The van der Waals surface area contributed by atoms with Gasteiger partial charge in [-0.15, -0.1) is 5.10 Å². The molecule has 1 saturated heterocycles. The van der Waals surface area contributed by atoms with Crippen LogP contribution in [-0.2, 0) is 0 Å². The predicted octanol–water partition coefficient (Wildman–Crippen LogP) is 1.51. The van der Waals surface area contributed by atoms with Crippen molar-refractivity contribution in [2.75, 3.05) is 31.1 Å². The molecule has 31 heavy (non-hydrogen) atoms. The summed E-state index contributed by atoms with van der Waals surface area (Å²) in [6.45, 7) is 4.40. The van der Waals surface area contributed by atoms with Crippen molar-refractivity contribution in [3.05, 3.63) is 72.8 Å². The minimum absolute atomic E-state index is 0.111. The van der Waals surface area contributed by atoms with Crippen LogP contribution in [0.4, 0.5) is 5.82 Å². The molecule has 1 amide bonds. The Kier molecular flexibility index (Phi) is 4.87. The first-order valence-electron chi connectivity index (χ1n) is 10.0. The molecule has 1 aliphatic heterocycles. The molecule has 1 fully saturated rings. The summed E-state index contributed by atoms with van der Waals surface area (Å²) < 4.78 is 1.86. The average Bonchev–Trinajstić information content (AvgIpc) is 3.52. The number of aromatic nitrogens is 7. The second kappa shape index (κ2) is 7.98. The lowest BCUT2D eigenvalue weighted by Crippen LogP contribution is -2.49. The Morgan fingerprint density at radius 2 is 1.77 bits per heavy atom. The van der Waals surface area contributed by atoms with Crippen molar-refractivity contribution >= 4 is 11.7 Å². The highest BCUT2D eigenvalue weighted by Gasteiger charge is 2.25. The minimum Gasteiger partial charge on any atom is -0.353 e. The molecule has 156 valence electrons. The molecule has 0 radical (unpaired) electrons. The highest BCUT2D eigenvalue weighted by Crippen LogP contribution is 2.18. The molecule has 0 N–H and O–H groups in total. The van der Waals surface area contributed by atoms with Gasteiger partial charge in [0.25, 0.3) is 5.91 Å². The molecular formula is C21H21N9O. The Morgan fingerprint density at radius 3 is 2.52 bits per heavy atom. The fourth-order valence-corrected chi connectivity index (χ4v) is 3.57. The van der Waals surface area contributed by atoms with Gasteiger partial charge in [0.1, 0.15) is 23.8 Å². The van der Waals surface area contributed by atoms with E-state index < -0.39 is 0 Å². The summed E-state index contributed by atoms with van der Waals surface area (Å²) in [4.78, 5) is 31.5. The third-order valence-electron chi connectivity index (χ3n) is 5.17. The number of anilines is 1. The fraction of sp³-hybridized carbons (Fsp3) is 0.238. The van der Waals surface area contributed by atoms with Gasteiger partial charge in [0.05, 0.1) is 11.9 Å². The molecule has 1 aromatic carbocycles. The van der Waals surface area contributed by atoms with Gasteiger partial charge in [-0.3, -0.25) is 9.36 Å². The number of hydrogen-bond donors (Lipinski definition) is 0. The van der Waals surface area contributed by atoms with Crippen LogP contribution in [0, 0.1) is 6.92 Å². The zero-order valence-corrected chi connectivity index (χ0v) is 17.0. The molecule has 0 atom stereocenters. The standard InChI is InChI=1S/C21H21N9O/c1-16-24-19(13-20(25-16)29-8-7-22-15-29)27-9-11-28(12-10-27)21(31)18-14-23-30(26-18)17-5-3-2-4-6-17/h2-8,13-15H,9-12H2,1H3. The van der Waals surface area contributed by atoms with Gasteiger partial charge in [-0.1, -0.05) is 18.2 Å². The van der Waals surface area contributed by atoms with Crippen molar-refractivity contribution in [3.8, 4) is 11.5 Å². The number of aryl methyl sites for hydroxylation is 1. The van der Waals surface area contributed by atoms with E-state index in [1.54, 1.807) is 17.4 Å². The smallest absolute Gasteiger partial charge is 0.276 e. The maximum Gasteiger partial charge on any atom is 0.276 e. The first-order chi connectivity index (χ1) is 15.2. The lowest BCUT2D eigenvalue weighted by atomic mass is 10.2. The molecule has 4 heterocycles. The number of amides is 1. The number of carbonyl (C=O) groups excluding carboxylic acids is 1. The lowest BCUT2D eigenvalue weighted by molar-refractivity contribution is 0.0740. The van der Waals surface area contributed by atoms with E-state index in [4.69, 9.17) is 0 Å². The molecule has 0 bridgehead atoms. The Hall–Kier alpha value is -4.08. The molecule has 0 unspecified atom stereocenters. The molecular weight excluding hydrogens is 394 g/mol. The number of carbonyl (C=O) groups is 1. The minimum atomic E-state index is -0.111. The fourth-order valence-electron chi connectivity index (χ4n) is 3.57. The van der Waals surface area contributed by atoms with E-state index in [-0.39, 0.29) is 5.91 Å². The zero-order chi connectivity index (χ0) is 21.2. The Labute approximate surface area is 178 Å². The quantitative estimate of drug-likeness (QED) is 0.498. The summed E-state index contributed by atoms with van der Waals surface area (Å²) >= 11 is 0. The predicted molar refractivity (Wildman–Crippen MR) is 113 cm³/mol. The third-order valence-corrected chi connectivity index (χ3v) is 5.17. The van der Waals surface area contributed by atoms with Crippen LogP contribution in [-0.4, -0.2) is 71.5 Å². The number of piperazine rings is 1. The molecule has 0 aliphatic carbocycles. The third kappa shape index (κ3) is 3.87. The van der Waals surface area contributed by atoms with Gasteiger partial charge in [-0.2, -0.15) is 9.90 Å². The van der Waals surface area contributed by atoms with Crippen LogP contribution < -0.4 is 4.90 Å². The molecule has 10 nitrogen and oxygen atoms in total. The highest BCUT2D eigenvalue weighted by molar-refractivity contribution is 5.92. The van der Waals surface area contributed by atoms with Crippen LogP contribution >= 0.6 is 0 Å². The van der Waals surface area contributed by atoms with Crippen molar-refractivity contribution < 1.29 is 4.79 Å². The summed E-state index contributed by atoms with van der Waals surface area (Å²) in [5.74, 6) is 2.20. The maximum absolute atomic E-state index is 12.9. The Morgan fingerprint density at radius 1 is 1.00 bits per heavy atom. The van der Waals surface area contributed by atoms with Gasteiger partial charge < -0.3 is 9.80 Å². The van der Waals surface area contributed by atoms with E-state index in [0.29, 0.717) is 37.7 Å². The monoisotopic (exact) mass is 415 g/mol. The van der Waals surface area contributed by atoms with Gasteiger partial charge in [0.15, 0.2) is 5.69 Å². The van der Waals surface area contributed by atoms with E-state index in [0.717, 1.165) is 17.3 Å². The maximum atomic E-state index is 12.9. The van der Waals surface area contributed by atoms with Crippen LogP contribution in [0.5, 0.6) is 0 Å². The van der Waals surface area contributed by atoms with Crippen molar-refractivity contribution in [1.29, 1.82) is 0 Å². The van der Waals surface area contributed by atoms with Crippen molar-refractivity contribution in [2.45, 2.75) is 6.92 Å². The van der Waals surface area contributed by atoms with Crippen molar-refractivity contribution in [2.24, 2.45) is 0 Å². The van der Waals surface area contributed by atoms with Crippen LogP contribution in [0.1, 0.15) is 16.3 Å². The van der Waals surface area contributed by atoms with Crippen molar-refractivity contribution in [3.63, 3.8) is 0 Å². The summed E-state index contributed by atoms with van der Waals surface area (Å²) in [5, 5.41) is 8.59. The SMILES string of the molecule is Cc1nc(N2CCN(C(=O)c3cnn(-c4ccccc4)n3)CC2)cc(-n2ccnc2)n1. The zero-order valence-electron chi connectivity index (χ0n) is 17.0. The Balaban J connectivity index is 1.27. The number of nitrogens with zero attached hydrogens (tertiary/aromatic N) is 9. The number of para-hydroxylation sites is 1. The first kappa shape index (κ1) is 18.9. The normalized spacial score (nSPS) is 14.1. The summed E-state index contributed by atoms with van der Waals surface area (Å²) in [6, 6.07) is 11.5. The van der Waals surface area contributed by atoms with Gasteiger partial charge in [0.2, 0.25) is 0 Å². The van der Waals surface area contributed by atoms with Gasteiger partial charge in [0, 0.05) is 44.6 Å². The largest absolute Gasteiger partial charge is 0.353 e. The van der Waals surface area contributed by atoms with Crippen LogP contribution in [0.3, 0.4) is 0 Å². The first-order valence-corrected chi connectivity index (χ1v) is 10.0. The molecule has 4 aromatic rings. The van der Waals surface area contributed by atoms with E-state index in [9.17, 15) is 4.79 Å². The summed E-state index contributed by atoms with van der Waals surface area (Å²) in [5.41, 5.74) is 1.16. The van der Waals surface area contributed by atoms with Gasteiger partial charge in [-0.25, -0.2) is 15.0 Å². The molecule has 0 spiro atoms. The van der Waals surface area contributed by atoms with E-state index in [1.165, 1.54) is 11.0 Å². The molecule has 3 aromatic heterocycles. The molecule has 0 saturated carbocycles. The van der Waals surface area contributed by atoms with Crippen molar-refractivity contribution in [1.82, 2.24) is 39.4 Å². The number of rotatable bonds is 4. The molecule has 1 aliphatic rings. The average molecular weight is 415 g/mol. The van der Waals surface area contributed by atoms with E-state index in [2.05, 4.69) is 30.0 Å². The lowest BCUT2D eigenvalue weighted by Gasteiger charge is -2.35. The summed E-state index contributed by atoms with van der Waals surface area (Å²) in [7, 11) is 0. The Bertz CT molecular complexity index is 1180. The van der Waals surface area contributed by atoms with Crippen LogP contribution in [0.25, 0.3) is 11.5 Å². The molecule has 10 heteroatoms. The van der Waals surface area contributed by atoms with Crippen LogP contribution in [0.15, 0.2) is 61.3 Å². The number of benzene rings is 1. The van der Waals surface area contributed by atoms with Gasteiger partial charge in [-0.05, 0) is 19.1 Å². The van der Waals surface area contributed by atoms with Gasteiger partial charge >= 0.3 is 0 Å². The number of hydrogen-bond acceptors (Lipinski definition) is 7. The highest BCUT2D eigenvalue weighted by atomic mass is 16.2.